The topological polar surface area (TPSA) is 104 Å². The predicted molar refractivity (Wildman–Crippen MR) is 109 cm³/mol. The third-order valence-corrected chi connectivity index (χ3v) is 5.70. The van der Waals surface area contributed by atoms with E-state index in [1.807, 2.05) is 0 Å². The summed E-state index contributed by atoms with van der Waals surface area (Å²) in [6.45, 7) is 3.56. The average molecular weight is 558 g/mol. The van der Waals surface area contributed by atoms with Gasteiger partial charge in [-0.25, -0.2) is 9.59 Å². The molecule has 0 aliphatic carbocycles. The zero-order valence-electron chi connectivity index (χ0n) is 12.8. The van der Waals surface area contributed by atoms with Crippen molar-refractivity contribution in [2.24, 2.45) is 0 Å². The van der Waals surface area contributed by atoms with E-state index in [0.717, 1.165) is 12.8 Å². The molecule has 2 fully saturated rings. The van der Waals surface area contributed by atoms with Gasteiger partial charge in [-0.05, 0) is 26.7 Å². The van der Waals surface area contributed by atoms with E-state index < -0.39 is 17.2 Å². The van der Waals surface area contributed by atoms with Crippen molar-refractivity contribution in [2.75, 3.05) is 17.2 Å². The van der Waals surface area contributed by atoms with Gasteiger partial charge in [0.25, 0.3) is 5.91 Å². The molecule has 7 nitrogen and oxygen atoms in total. The maximum absolute atomic E-state index is 11.9. The molecule has 0 saturated carbocycles. The van der Waals surface area contributed by atoms with Crippen molar-refractivity contribution < 1.29 is 29.3 Å². The number of hydrogen-bond acceptors (Lipinski definition) is 5. The van der Waals surface area contributed by atoms with Crippen LogP contribution in [0.3, 0.4) is 0 Å². The first-order chi connectivity index (χ1) is 10.1. The van der Waals surface area contributed by atoms with Crippen molar-refractivity contribution in [2.45, 2.75) is 58.8 Å². The van der Waals surface area contributed by atoms with Crippen LogP contribution in [0, 0.1) is 0 Å². The van der Waals surface area contributed by atoms with Crippen LogP contribution in [0.4, 0.5) is 0 Å². The lowest BCUT2D eigenvalue weighted by Crippen LogP contribution is -2.60. The zero-order valence-corrected chi connectivity index (χ0v) is 17.6. The van der Waals surface area contributed by atoms with Gasteiger partial charge in [0.2, 0.25) is 0 Å². The van der Waals surface area contributed by atoms with Crippen LogP contribution in [0.5, 0.6) is 0 Å². The van der Waals surface area contributed by atoms with Crippen LogP contribution in [0.1, 0.15) is 41.5 Å². The number of carboxylic acid groups (broad SMARTS) is 1. The Hall–Kier alpha value is -0.190. The van der Waals surface area contributed by atoms with Crippen LogP contribution < -0.4 is 0 Å². The summed E-state index contributed by atoms with van der Waals surface area (Å²) in [4.78, 5) is 35.1. The first kappa shape index (κ1) is 29.6. The fourth-order valence-corrected chi connectivity index (χ4v) is 2.63. The number of fused-ring (bicyclic) bond motifs is 1. The van der Waals surface area contributed by atoms with Gasteiger partial charge in [-0.2, -0.15) is 0 Å². The molecule has 0 radical (unpaired) electrons. The van der Waals surface area contributed by atoms with E-state index >= 15 is 0 Å². The predicted octanol–water partition coefficient (Wildman–Crippen LogP) is 2.75. The van der Waals surface area contributed by atoms with E-state index in [-0.39, 0.29) is 55.1 Å². The molecule has 25 heavy (non-hydrogen) atoms. The highest BCUT2D eigenvalue weighted by molar-refractivity contribution is 9.09. The standard InChI is InChI=1S/C9H12BrNO3.C4H7BrO3.2CH4.BrH/c1-9(5-10)8(13)11-4-2-3-6(11)7(12)14-9;1-4(8,2-5)3(6)7;;;/h6H,2-5H2,1H3;8H,2H2,1H3,(H,6,7);2*1H4;1H/t6-,9+;4-;;;/m10.../s1. The summed E-state index contributed by atoms with van der Waals surface area (Å²) < 4.78 is 5.17. The molecule has 150 valence electrons. The minimum Gasteiger partial charge on any atom is -0.479 e. The normalized spacial score (nSPS) is 26.3. The molecule has 0 spiro atoms. The Morgan fingerprint density at radius 3 is 2.28 bits per heavy atom. The van der Waals surface area contributed by atoms with Gasteiger partial charge < -0.3 is 19.8 Å². The molecule has 1 amide bonds. The Morgan fingerprint density at radius 2 is 1.92 bits per heavy atom. The molecule has 2 heterocycles. The Morgan fingerprint density at radius 1 is 1.40 bits per heavy atom. The molecule has 2 saturated heterocycles. The number of alkyl halides is 2. The van der Waals surface area contributed by atoms with Crippen LogP contribution >= 0.6 is 48.8 Å². The Kier molecular flexibility index (Phi) is 13.6. The number of hydrogen-bond donors (Lipinski definition) is 2. The minimum absolute atomic E-state index is 0. The number of morpholine rings is 1. The monoisotopic (exact) mass is 555 g/mol. The minimum atomic E-state index is -1.62. The molecule has 3 atom stereocenters. The summed E-state index contributed by atoms with van der Waals surface area (Å²) in [7, 11) is 0. The molecule has 0 aromatic rings. The fraction of sp³-hybridized carbons (Fsp3) is 0.800. The van der Waals surface area contributed by atoms with Crippen LogP contribution in [0.2, 0.25) is 0 Å². The largest absolute Gasteiger partial charge is 0.479 e. The second-order valence-electron chi connectivity index (χ2n) is 5.65. The van der Waals surface area contributed by atoms with E-state index in [1.165, 1.54) is 6.92 Å². The van der Waals surface area contributed by atoms with E-state index in [1.54, 1.807) is 11.8 Å². The Labute approximate surface area is 176 Å². The summed E-state index contributed by atoms with van der Waals surface area (Å²) in [5.74, 6) is -1.55. The number of carboxylic acids is 1. The van der Waals surface area contributed by atoms with E-state index in [4.69, 9.17) is 14.9 Å². The number of rotatable bonds is 3. The van der Waals surface area contributed by atoms with Crippen LogP contribution in [0.15, 0.2) is 0 Å². The maximum atomic E-state index is 11.9. The SMILES string of the molecule is Br.C.C.C[C@@]1(CBr)OC(=O)[C@H]2CCCN2C1=O.C[C@](O)(CBr)C(=O)O. The average Bonchev–Trinajstić information content (AvgIpc) is 2.95. The van der Waals surface area contributed by atoms with Gasteiger partial charge in [0.1, 0.15) is 6.04 Å². The van der Waals surface area contributed by atoms with Gasteiger partial charge in [-0.15, -0.1) is 17.0 Å². The smallest absolute Gasteiger partial charge is 0.336 e. The number of halogens is 3. The van der Waals surface area contributed by atoms with Gasteiger partial charge >= 0.3 is 11.9 Å². The lowest BCUT2D eigenvalue weighted by molar-refractivity contribution is -0.185. The van der Waals surface area contributed by atoms with Crippen molar-refractivity contribution in [1.29, 1.82) is 0 Å². The summed E-state index contributed by atoms with van der Waals surface area (Å²) in [5.41, 5.74) is -2.63. The molecule has 2 rings (SSSR count). The van der Waals surface area contributed by atoms with Crippen LogP contribution in [0.25, 0.3) is 0 Å². The molecular weight excluding hydrogens is 530 g/mol. The highest BCUT2D eigenvalue weighted by atomic mass is 79.9. The maximum Gasteiger partial charge on any atom is 0.336 e. The number of carbonyl (C=O) groups excluding carboxylic acids is 2. The molecule has 2 N–H and O–H groups in total. The van der Waals surface area contributed by atoms with Crippen molar-refractivity contribution in [3.8, 4) is 0 Å². The first-order valence-electron chi connectivity index (χ1n) is 6.70. The second-order valence-corrected chi connectivity index (χ2v) is 6.78. The third kappa shape index (κ3) is 6.80. The van der Waals surface area contributed by atoms with Crippen molar-refractivity contribution in [1.82, 2.24) is 4.90 Å². The molecule has 0 aromatic carbocycles. The molecule has 2 aliphatic rings. The molecule has 0 unspecified atom stereocenters. The Balaban J connectivity index is -0.000000391. The summed E-state index contributed by atoms with van der Waals surface area (Å²) in [6, 6.07) is -0.324. The summed E-state index contributed by atoms with van der Waals surface area (Å²) in [6.07, 6.45) is 1.63. The summed E-state index contributed by atoms with van der Waals surface area (Å²) in [5, 5.41) is 17.3. The highest BCUT2D eigenvalue weighted by Crippen LogP contribution is 2.31. The first-order valence-corrected chi connectivity index (χ1v) is 8.95. The van der Waals surface area contributed by atoms with Gasteiger partial charge in [0.15, 0.2) is 11.2 Å². The Bertz CT molecular complexity index is 474. The van der Waals surface area contributed by atoms with Crippen molar-refractivity contribution in [3.63, 3.8) is 0 Å². The number of aliphatic hydroxyl groups is 1. The van der Waals surface area contributed by atoms with Gasteiger partial charge in [-0.1, -0.05) is 46.7 Å². The molecular formula is C15H28Br3NO6. The molecule has 0 bridgehead atoms. The number of nitrogens with zero attached hydrogens (tertiary/aromatic N) is 1. The lowest BCUT2D eigenvalue weighted by Gasteiger charge is -2.39. The summed E-state index contributed by atoms with van der Waals surface area (Å²) >= 11 is 6.05. The zero-order chi connectivity index (χ0) is 17.1. The van der Waals surface area contributed by atoms with Crippen LogP contribution in [-0.4, -0.2) is 67.4 Å². The molecule has 0 aromatic heterocycles. The van der Waals surface area contributed by atoms with Crippen molar-refractivity contribution in [3.05, 3.63) is 0 Å². The molecule has 2 aliphatic heterocycles. The number of esters is 1. The van der Waals surface area contributed by atoms with Crippen molar-refractivity contribution >= 4 is 66.7 Å². The number of ether oxygens (including phenoxy) is 1. The van der Waals surface area contributed by atoms with Gasteiger partial charge in [-0.3, -0.25) is 4.79 Å². The van der Waals surface area contributed by atoms with Gasteiger partial charge in [0, 0.05) is 11.9 Å². The van der Waals surface area contributed by atoms with E-state index in [0.29, 0.717) is 11.9 Å². The number of carbonyl (C=O) groups is 3. The number of amides is 1. The van der Waals surface area contributed by atoms with Gasteiger partial charge in [0.05, 0.1) is 5.33 Å². The highest BCUT2D eigenvalue weighted by Gasteiger charge is 2.51. The number of aliphatic carboxylic acids is 1. The van der Waals surface area contributed by atoms with E-state index in [2.05, 4.69) is 31.9 Å². The lowest BCUT2D eigenvalue weighted by atomic mass is 10.0. The number of cyclic esters (lactones) is 1. The van der Waals surface area contributed by atoms with E-state index in [9.17, 15) is 14.4 Å². The third-order valence-electron chi connectivity index (χ3n) is 3.54. The quantitative estimate of drug-likeness (QED) is 0.408. The fourth-order valence-electron chi connectivity index (χ4n) is 2.03. The second kappa shape index (κ2) is 11.5. The molecule has 10 heteroatoms. The van der Waals surface area contributed by atoms with Crippen LogP contribution in [-0.2, 0) is 19.1 Å².